The number of phenols is 2. The van der Waals surface area contributed by atoms with Crippen molar-refractivity contribution in [1.29, 1.82) is 0 Å². The van der Waals surface area contributed by atoms with Crippen molar-refractivity contribution in [3.05, 3.63) is 185 Å². The van der Waals surface area contributed by atoms with Crippen molar-refractivity contribution in [3.63, 3.8) is 0 Å². The normalized spacial score (nSPS) is 13.0. The Bertz CT molecular complexity index is 4570. The molecule has 3 heterocycles. The summed E-state index contributed by atoms with van der Waals surface area (Å²) in [6, 6.07) is 44.6. The topological polar surface area (TPSA) is 361 Å². The number of hydrogen-bond donors (Lipinski definition) is 4. The number of ether oxygens (including phenoxy) is 4. The Hall–Kier alpha value is -5.15. The first kappa shape index (κ1) is 104. The van der Waals surface area contributed by atoms with Gasteiger partial charge in [0.25, 0.3) is 0 Å². The number of pyridine rings is 2. The van der Waals surface area contributed by atoms with Crippen LogP contribution in [0.5, 0.6) is 11.5 Å². The van der Waals surface area contributed by atoms with E-state index in [4.69, 9.17) is 43.0 Å². The number of ketones is 2. The van der Waals surface area contributed by atoms with E-state index in [1.54, 1.807) is 78.2 Å². The van der Waals surface area contributed by atoms with Gasteiger partial charge in [0.2, 0.25) is 11.8 Å². The number of nitrogens with zero attached hydrogens (tertiary/aromatic N) is 4. The van der Waals surface area contributed by atoms with Crippen LogP contribution in [0.15, 0.2) is 162 Å². The number of esters is 2. The Morgan fingerprint density at radius 1 is 0.583 bits per heavy atom. The Balaban J connectivity index is 0.000000452. The van der Waals surface area contributed by atoms with E-state index in [9.17, 15) is 48.6 Å². The Kier molecular flexibility index (Phi) is 46.0. The van der Waals surface area contributed by atoms with Gasteiger partial charge in [-0.25, -0.2) is 24.2 Å². The van der Waals surface area contributed by atoms with Crippen LogP contribution in [0.3, 0.4) is 0 Å². The molecule has 0 aliphatic carbocycles. The molecular formula is C83H102BBrK3N6O20P. The summed E-state index contributed by atoms with van der Waals surface area (Å²) in [6.45, 7) is 22.7. The number of halogens is 1. The van der Waals surface area contributed by atoms with Crippen LogP contribution in [0.2, 0.25) is 0 Å². The molecule has 1 saturated heterocycles. The van der Waals surface area contributed by atoms with Gasteiger partial charge in [0.05, 0.1) is 51.4 Å². The van der Waals surface area contributed by atoms with E-state index in [1.807, 2.05) is 163 Å². The van der Waals surface area contributed by atoms with Gasteiger partial charge < -0.3 is 59.3 Å². The van der Waals surface area contributed by atoms with Crippen LogP contribution in [0.25, 0.3) is 32.7 Å². The zero-order valence-electron chi connectivity index (χ0n) is 68.1. The molecule has 26 nitrogen and oxygen atoms in total. The number of anilines is 2. The van der Waals surface area contributed by atoms with Crippen molar-refractivity contribution in [2.24, 2.45) is 0 Å². The fourth-order valence-electron chi connectivity index (χ4n) is 11.6. The summed E-state index contributed by atoms with van der Waals surface area (Å²) in [5.74, 6) is -1.46. The second kappa shape index (κ2) is 50.8. The van der Waals surface area contributed by atoms with Gasteiger partial charge in [-0.1, -0.05) is 120 Å². The average Bonchev–Trinajstić information content (AvgIpc) is 1.65. The number of nitrogens with one attached hydrogen (secondary N) is 2. The predicted molar refractivity (Wildman–Crippen MR) is 441 cm³/mol. The number of phenolic OH excluding ortho intramolecular Hbond substituents is 2. The van der Waals surface area contributed by atoms with E-state index in [0.717, 1.165) is 64.9 Å². The van der Waals surface area contributed by atoms with Gasteiger partial charge in [-0.2, -0.15) is 0 Å². The molecule has 0 spiro atoms. The Morgan fingerprint density at radius 3 is 1.39 bits per heavy atom. The molecule has 1 unspecified atom stereocenters. The van der Waals surface area contributed by atoms with Crippen LogP contribution >= 0.6 is 24.2 Å². The van der Waals surface area contributed by atoms with Crippen LogP contribution in [-0.2, 0) is 66.3 Å². The summed E-state index contributed by atoms with van der Waals surface area (Å²) < 4.78 is 45.1. The van der Waals surface area contributed by atoms with Crippen LogP contribution in [-0.4, -0.2) is 201 Å². The van der Waals surface area contributed by atoms with Gasteiger partial charge in [-0.15, -0.1) is 0 Å². The summed E-state index contributed by atoms with van der Waals surface area (Å²) in [7, 11) is -0.954. The summed E-state index contributed by atoms with van der Waals surface area (Å²) in [4.78, 5) is 121. The summed E-state index contributed by atoms with van der Waals surface area (Å²) >= 11 is 5.91. The van der Waals surface area contributed by atoms with Crippen molar-refractivity contribution < 1.29 is 148 Å². The molecule has 0 bridgehead atoms. The number of amides is 4. The van der Waals surface area contributed by atoms with E-state index in [2.05, 4.69) is 41.2 Å². The van der Waals surface area contributed by atoms with Crippen LogP contribution in [0, 0.1) is 13.8 Å². The summed E-state index contributed by atoms with van der Waals surface area (Å²) in [6.07, 6.45) is 3.10. The molecule has 32 heteroatoms. The number of carbonyl (C=O) groups excluding carboxylic acids is 8. The third-order valence-corrected chi connectivity index (χ3v) is 18.4. The number of fused-ring (bicyclic) bond motifs is 2. The summed E-state index contributed by atoms with van der Waals surface area (Å²) in [5, 5.41) is 37.5. The first-order chi connectivity index (χ1) is 53.3. The molecule has 2 aromatic heterocycles. The molecule has 115 heavy (non-hydrogen) atoms. The number of aryl methyl sites for hydroxylation is 2. The van der Waals surface area contributed by atoms with Gasteiger partial charge in [0.15, 0.2) is 11.6 Å². The first-order valence-corrected chi connectivity index (χ1v) is 54.8. The third-order valence-electron chi connectivity index (χ3n) is 17.7. The zero-order chi connectivity index (χ0) is 84.0. The molecule has 8 aromatic rings. The molecule has 602 valence electrons. The van der Waals surface area contributed by atoms with Crippen molar-refractivity contribution in [2.75, 3.05) is 50.2 Å². The first-order valence-electron chi connectivity index (χ1n) is 36.9. The summed E-state index contributed by atoms with van der Waals surface area (Å²) in [5.41, 5.74) is 4.10. The molecule has 9 rings (SSSR count). The molecule has 0 radical (unpaired) electrons. The number of aromatic nitrogens is 2. The third kappa shape index (κ3) is 35.2. The van der Waals surface area contributed by atoms with Crippen molar-refractivity contribution in [3.8, 4) is 22.6 Å². The maximum atomic E-state index is 13.1. The van der Waals surface area contributed by atoms with E-state index in [0.29, 0.717) is 24.5 Å². The zero-order valence-corrected chi connectivity index (χ0v) is 79.9. The van der Waals surface area contributed by atoms with E-state index < -0.39 is 56.6 Å². The SMILES string of the molecule is C.CC1(C)OB(c2ccc(O)c3ccccc23)OC1(C)C.COC(=O)C[C@H](CC(=O)CNC(=O)CCCN(C(=O)OC(C)(C)C)c1cc(C)ccn1)c1cccc(-c2ccc(O)c3ccccc23)c1.COC(=O)C[C@H](CC(=O)CNC(=O)CCCN(C(=O)OC(C)(C)C)c1cc(C)ccn1)c1cccc(Br)c1.O=[P+]([O-])O[O-].[K+].[K][K]. The minimum absolute atomic E-state index is 0. The fraction of sp³-hybridized carbons (Fsp3) is 0.398. The number of methoxy groups -OCH3 is 2. The second-order valence-electron chi connectivity index (χ2n) is 29.3. The van der Waals surface area contributed by atoms with Crippen LogP contribution in [0.4, 0.5) is 21.2 Å². The van der Waals surface area contributed by atoms with Gasteiger partial charge in [-0.3, -0.25) is 38.6 Å². The number of aromatic hydroxyl groups is 2. The Labute approximate surface area is 771 Å². The quantitative estimate of drug-likeness (QED) is 0.00928. The number of hydrogen-bond acceptors (Lipinski definition) is 22. The number of benzene rings is 6. The minimum atomic E-state index is -3.15. The fourth-order valence-corrected chi connectivity index (χ4v) is 12.0. The van der Waals surface area contributed by atoms with Gasteiger partial charge in [0, 0.05) is 78.2 Å². The average molecular weight is 1740 g/mol. The second-order valence-corrected chi connectivity index (χ2v) is 30.8. The molecular weight excluding hydrogens is 1640 g/mol. The molecule has 0 saturated carbocycles. The van der Waals surface area contributed by atoms with Crippen molar-refractivity contribution >= 4 is 181 Å². The van der Waals surface area contributed by atoms with Gasteiger partial charge in [0.1, 0.15) is 34.3 Å². The molecule has 1 aliphatic rings. The standard InChI is InChI=1S/C38H43N3O7.C28H36BrN3O6.C16H19BO3.CH4.3K.HO4P/c1-25-17-18-39-34(20-25)41(37(46)48-38(2,3)4)19-9-14-35(44)40-24-29(42)22-28(23-36(45)47-5)26-10-8-11-27(21-26)30-15-16-33(43)32-13-7-6-12-31(30)32;1-19-11-12-30-24(14-19)32(27(36)38-28(2,3)4)13-7-10-25(34)31-18-23(33)16-21(17-26(35)37-5)20-8-6-9-22(29)15-20;1-15(2)16(3,4)20-17(19-15)13-9-10-14(18)12-8-6-5-7-11(12)13;;;;;1-4-5(2)3/h6-8,10-13,15-18,20-21,28,43H,9,14,19,22-24H2,1-5H3,(H,40,44);6,8-9,11-12,14-15,21H,7,10,13,16-18H2,1-5H3,(H,31,34);5-10,18H,1-4H3;1H4;;;;1H/q;;;;;;+1;/p-1/t28-;21-;;;;;;/m00....../s1. The van der Waals surface area contributed by atoms with E-state index in [1.165, 1.54) is 87.2 Å². The van der Waals surface area contributed by atoms with Crippen molar-refractivity contribution in [1.82, 2.24) is 20.6 Å². The van der Waals surface area contributed by atoms with Crippen LogP contribution in [0.1, 0.15) is 162 Å². The predicted octanol–water partition coefficient (Wildman–Crippen LogP) is 9.98. The molecule has 6 aromatic carbocycles. The van der Waals surface area contributed by atoms with Gasteiger partial charge in [-0.05, 0) is 199 Å². The van der Waals surface area contributed by atoms with E-state index in [-0.39, 0.29) is 176 Å². The molecule has 1 fully saturated rings. The number of carbonyl (C=O) groups is 8. The van der Waals surface area contributed by atoms with E-state index >= 15 is 0 Å². The maximum absolute atomic E-state index is 13.1. The number of rotatable bonds is 27. The monoisotopic (exact) mass is 1740 g/mol. The Morgan fingerprint density at radius 2 is 0.983 bits per heavy atom. The molecule has 4 amide bonds. The van der Waals surface area contributed by atoms with Crippen molar-refractivity contribution in [2.45, 2.75) is 176 Å². The molecule has 4 N–H and O–H groups in total. The van der Waals surface area contributed by atoms with Crippen LogP contribution < -0.4 is 87.4 Å². The molecule has 3 atom stereocenters. The molecule has 1 aliphatic heterocycles. The number of Topliss-reactive ketones (excluding diaryl/α,β-unsaturated/α-hetero) is 2. The van der Waals surface area contributed by atoms with Gasteiger partial charge >= 0.3 is 154 Å².